The minimum Gasteiger partial charge on any atom is -0.384 e. The van der Waals surface area contributed by atoms with Crippen LogP contribution in [0.1, 0.15) is 28.1 Å². The highest BCUT2D eigenvalue weighted by Crippen LogP contribution is 2.22. The van der Waals surface area contributed by atoms with E-state index in [1.54, 1.807) is 11.0 Å². The maximum Gasteiger partial charge on any atom is 0.265 e. The van der Waals surface area contributed by atoms with Gasteiger partial charge in [0, 0.05) is 24.6 Å². The minimum atomic E-state index is -0.289. The first kappa shape index (κ1) is 14.6. The molecule has 5 nitrogen and oxygen atoms in total. The van der Waals surface area contributed by atoms with Gasteiger partial charge in [-0.05, 0) is 24.3 Å². The van der Waals surface area contributed by atoms with Crippen molar-refractivity contribution in [3.8, 4) is 11.8 Å². The smallest absolute Gasteiger partial charge is 0.265 e. The largest absolute Gasteiger partial charge is 0.384 e. The van der Waals surface area contributed by atoms with Gasteiger partial charge in [-0.15, -0.1) is 11.3 Å². The number of carbonyl (C=O) groups is 2. The number of piperidine rings is 1. The van der Waals surface area contributed by atoms with Gasteiger partial charge in [-0.2, -0.15) is 0 Å². The number of nitrogens with zero attached hydrogens (tertiary/aromatic N) is 1. The summed E-state index contributed by atoms with van der Waals surface area (Å²) in [5.41, 5.74) is 5.92. The molecule has 2 heterocycles. The zero-order chi connectivity index (χ0) is 14.5. The van der Waals surface area contributed by atoms with Gasteiger partial charge in [0.25, 0.3) is 5.91 Å². The van der Waals surface area contributed by atoms with Crippen molar-refractivity contribution in [3.05, 3.63) is 21.9 Å². The predicted octanol–water partition coefficient (Wildman–Crippen LogP) is 0.429. The molecule has 0 bridgehead atoms. The third-order valence-electron chi connectivity index (χ3n) is 3.35. The molecule has 2 amide bonds. The van der Waals surface area contributed by atoms with Crippen molar-refractivity contribution < 1.29 is 14.7 Å². The Balaban J connectivity index is 2.06. The summed E-state index contributed by atoms with van der Waals surface area (Å²) >= 11 is 1.34. The number of aliphatic hydroxyl groups is 1. The fourth-order valence-electron chi connectivity index (χ4n) is 2.22. The van der Waals surface area contributed by atoms with Crippen molar-refractivity contribution in [2.24, 2.45) is 11.7 Å². The van der Waals surface area contributed by atoms with Gasteiger partial charge in [-0.25, -0.2) is 0 Å². The Hall–Kier alpha value is -1.84. The first-order chi connectivity index (χ1) is 9.63. The lowest BCUT2D eigenvalue weighted by Gasteiger charge is -2.30. The van der Waals surface area contributed by atoms with Gasteiger partial charge in [0.1, 0.15) is 11.5 Å². The van der Waals surface area contributed by atoms with Gasteiger partial charge in [-0.1, -0.05) is 11.8 Å². The van der Waals surface area contributed by atoms with E-state index in [4.69, 9.17) is 10.8 Å². The van der Waals surface area contributed by atoms with Crippen LogP contribution in [0.2, 0.25) is 0 Å². The van der Waals surface area contributed by atoms with Crippen LogP contribution in [0.15, 0.2) is 11.4 Å². The Morgan fingerprint density at radius 2 is 2.15 bits per heavy atom. The van der Waals surface area contributed by atoms with Gasteiger partial charge in [0.2, 0.25) is 5.91 Å². The molecule has 1 aliphatic rings. The molecule has 0 aliphatic carbocycles. The van der Waals surface area contributed by atoms with E-state index in [1.165, 1.54) is 11.3 Å². The lowest BCUT2D eigenvalue weighted by Crippen LogP contribution is -2.41. The van der Waals surface area contributed by atoms with Crippen molar-refractivity contribution in [3.63, 3.8) is 0 Å². The van der Waals surface area contributed by atoms with Crippen LogP contribution in [0.4, 0.5) is 0 Å². The minimum absolute atomic E-state index is 0.0647. The molecule has 3 N–H and O–H groups in total. The number of thiophene rings is 1. The van der Waals surface area contributed by atoms with Crippen LogP contribution in [-0.4, -0.2) is 41.5 Å². The average Bonchev–Trinajstić information content (AvgIpc) is 2.92. The number of carbonyl (C=O) groups excluding carboxylic acids is 2. The zero-order valence-electron chi connectivity index (χ0n) is 11.0. The Morgan fingerprint density at radius 1 is 1.45 bits per heavy atom. The third kappa shape index (κ3) is 3.18. The zero-order valence-corrected chi connectivity index (χ0v) is 11.8. The van der Waals surface area contributed by atoms with E-state index in [2.05, 4.69) is 11.8 Å². The summed E-state index contributed by atoms with van der Waals surface area (Å²) in [5.74, 6) is 4.85. The molecule has 0 aromatic carbocycles. The summed E-state index contributed by atoms with van der Waals surface area (Å²) in [7, 11) is 0. The van der Waals surface area contributed by atoms with Crippen LogP contribution in [0.25, 0.3) is 0 Å². The summed E-state index contributed by atoms with van der Waals surface area (Å²) in [6, 6.07) is 1.77. The quantitative estimate of drug-likeness (QED) is 0.775. The van der Waals surface area contributed by atoms with Crippen LogP contribution < -0.4 is 5.73 Å². The molecule has 1 saturated heterocycles. The van der Waals surface area contributed by atoms with Crippen molar-refractivity contribution in [1.29, 1.82) is 0 Å². The molecule has 1 aromatic heterocycles. The first-order valence-corrected chi connectivity index (χ1v) is 7.27. The molecule has 0 spiro atoms. The molecular formula is C14H16N2O3S. The Labute approximate surface area is 121 Å². The lowest BCUT2D eigenvalue weighted by molar-refractivity contribution is -0.123. The molecule has 20 heavy (non-hydrogen) atoms. The fourth-order valence-corrected chi connectivity index (χ4v) is 3.03. The molecule has 1 aliphatic heterocycles. The summed E-state index contributed by atoms with van der Waals surface area (Å²) in [6.07, 6.45) is 1.23. The Bertz CT molecular complexity index is 562. The number of amides is 2. The summed E-state index contributed by atoms with van der Waals surface area (Å²) in [6.45, 7) is 0.849. The number of aliphatic hydroxyl groups excluding tert-OH is 1. The van der Waals surface area contributed by atoms with Gasteiger partial charge >= 0.3 is 0 Å². The SMILES string of the molecule is NC(=O)C1CCN(C(=O)c2sccc2C#CCO)CC1. The molecular weight excluding hydrogens is 276 g/mol. The topological polar surface area (TPSA) is 83.6 Å². The predicted molar refractivity (Wildman–Crippen MR) is 76.1 cm³/mol. The summed E-state index contributed by atoms with van der Waals surface area (Å²) < 4.78 is 0. The normalized spacial score (nSPS) is 15.6. The number of hydrogen-bond acceptors (Lipinski definition) is 4. The maximum atomic E-state index is 12.4. The second-order valence-electron chi connectivity index (χ2n) is 4.59. The van der Waals surface area contributed by atoms with Gasteiger partial charge in [0.15, 0.2) is 0 Å². The average molecular weight is 292 g/mol. The van der Waals surface area contributed by atoms with Crippen molar-refractivity contribution in [1.82, 2.24) is 4.90 Å². The van der Waals surface area contributed by atoms with E-state index in [-0.39, 0.29) is 24.3 Å². The van der Waals surface area contributed by atoms with E-state index < -0.39 is 0 Å². The second-order valence-corrected chi connectivity index (χ2v) is 5.51. The Kier molecular flexibility index (Phi) is 4.77. The van der Waals surface area contributed by atoms with E-state index in [1.807, 2.05) is 5.38 Å². The van der Waals surface area contributed by atoms with Crippen LogP contribution >= 0.6 is 11.3 Å². The van der Waals surface area contributed by atoms with E-state index >= 15 is 0 Å². The number of rotatable bonds is 2. The molecule has 1 aromatic rings. The summed E-state index contributed by atoms with van der Waals surface area (Å²) in [4.78, 5) is 25.8. The van der Waals surface area contributed by atoms with Gasteiger partial charge < -0.3 is 15.7 Å². The molecule has 0 atom stereocenters. The molecule has 106 valence electrons. The fraction of sp³-hybridized carbons (Fsp3) is 0.429. The number of nitrogens with two attached hydrogens (primary N) is 1. The van der Waals surface area contributed by atoms with Gasteiger partial charge in [-0.3, -0.25) is 9.59 Å². The van der Waals surface area contributed by atoms with Crippen LogP contribution in [0.5, 0.6) is 0 Å². The standard InChI is InChI=1S/C14H16N2O3S/c15-13(18)11-3-6-16(7-4-11)14(19)12-10(2-1-8-17)5-9-20-12/h5,9,11,17H,3-4,6-8H2,(H2,15,18). The molecule has 0 unspecified atom stereocenters. The first-order valence-electron chi connectivity index (χ1n) is 6.39. The lowest BCUT2D eigenvalue weighted by atomic mass is 9.96. The van der Waals surface area contributed by atoms with Crippen LogP contribution in [-0.2, 0) is 4.79 Å². The maximum absolute atomic E-state index is 12.4. The van der Waals surface area contributed by atoms with Gasteiger partial charge in [0.05, 0.1) is 0 Å². The number of likely N-dealkylation sites (tertiary alicyclic amines) is 1. The van der Waals surface area contributed by atoms with Crippen molar-refractivity contribution in [2.75, 3.05) is 19.7 Å². The van der Waals surface area contributed by atoms with E-state index in [0.717, 1.165) is 0 Å². The van der Waals surface area contributed by atoms with Crippen LogP contribution in [0.3, 0.4) is 0 Å². The van der Waals surface area contributed by atoms with Crippen molar-refractivity contribution >= 4 is 23.2 Å². The highest BCUT2D eigenvalue weighted by molar-refractivity contribution is 7.12. The highest BCUT2D eigenvalue weighted by atomic mass is 32.1. The number of hydrogen-bond donors (Lipinski definition) is 2. The second kappa shape index (κ2) is 6.55. The molecule has 6 heteroatoms. The summed E-state index contributed by atoms with van der Waals surface area (Å²) in [5, 5.41) is 10.5. The monoisotopic (exact) mass is 292 g/mol. The van der Waals surface area contributed by atoms with Crippen molar-refractivity contribution in [2.45, 2.75) is 12.8 Å². The number of primary amides is 1. The third-order valence-corrected chi connectivity index (χ3v) is 4.25. The molecule has 0 saturated carbocycles. The van der Waals surface area contributed by atoms with Crippen LogP contribution in [0, 0.1) is 17.8 Å². The van der Waals surface area contributed by atoms with E-state index in [0.29, 0.717) is 36.4 Å². The highest BCUT2D eigenvalue weighted by Gasteiger charge is 2.27. The molecule has 0 radical (unpaired) electrons. The van der Waals surface area contributed by atoms with E-state index in [9.17, 15) is 9.59 Å². The molecule has 1 fully saturated rings. The Morgan fingerprint density at radius 3 is 2.75 bits per heavy atom. The molecule has 2 rings (SSSR count).